The second kappa shape index (κ2) is 7.32. The van der Waals surface area contributed by atoms with E-state index >= 15 is 0 Å². The third-order valence-corrected chi connectivity index (χ3v) is 4.44. The molecule has 2 rings (SSSR count). The Kier molecular flexibility index (Phi) is 5.58. The molecule has 25 heavy (non-hydrogen) atoms. The smallest absolute Gasteiger partial charge is 0.245 e. The van der Waals surface area contributed by atoms with Crippen LogP contribution in [-0.2, 0) is 14.8 Å². The fourth-order valence-corrected chi connectivity index (χ4v) is 3.03. The van der Waals surface area contributed by atoms with Crippen molar-refractivity contribution in [1.82, 2.24) is 0 Å². The first-order chi connectivity index (χ1) is 11.6. The van der Waals surface area contributed by atoms with Gasteiger partial charge in [-0.25, -0.2) is 21.6 Å². The van der Waals surface area contributed by atoms with Gasteiger partial charge in [-0.2, -0.15) is 0 Å². The molecule has 0 aromatic heterocycles. The number of carbonyl (C=O) groups excluding carboxylic acids is 1. The molecule has 134 valence electrons. The van der Waals surface area contributed by atoms with Crippen molar-refractivity contribution in [2.24, 2.45) is 0 Å². The fraction of sp³-hybridized carbons (Fsp3) is 0.133. The van der Waals surface area contributed by atoms with Gasteiger partial charge in [0.2, 0.25) is 15.9 Å². The topological polar surface area (TPSA) is 66.5 Å². The summed E-state index contributed by atoms with van der Waals surface area (Å²) in [6.07, 6.45) is 0.709. The highest BCUT2D eigenvalue weighted by Crippen LogP contribution is 2.25. The lowest BCUT2D eigenvalue weighted by Gasteiger charge is -2.22. The van der Waals surface area contributed by atoms with E-state index in [9.17, 15) is 26.4 Å². The number of rotatable bonds is 5. The fourth-order valence-electron chi connectivity index (χ4n) is 1.99. The number of benzene rings is 2. The second-order valence-electron chi connectivity index (χ2n) is 5.02. The van der Waals surface area contributed by atoms with Gasteiger partial charge in [-0.1, -0.05) is 17.7 Å². The maximum atomic E-state index is 13.9. The highest BCUT2D eigenvalue weighted by Gasteiger charge is 2.26. The van der Waals surface area contributed by atoms with Gasteiger partial charge in [0.05, 0.1) is 11.9 Å². The van der Waals surface area contributed by atoms with E-state index in [0.29, 0.717) is 21.6 Å². The molecule has 0 unspecified atom stereocenters. The molecule has 0 spiro atoms. The van der Waals surface area contributed by atoms with Crippen molar-refractivity contribution in [3.05, 3.63) is 58.9 Å². The zero-order chi connectivity index (χ0) is 18.8. The van der Waals surface area contributed by atoms with Crippen LogP contribution in [0.15, 0.2) is 36.4 Å². The molecule has 0 aliphatic rings. The van der Waals surface area contributed by atoms with Crippen molar-refractivity contribution >= 4 is 38.9 Å². The minimum atomic E-state index is -4.15. The van der Waals surface area contributed by atoms with E-state index in [2.05, 4.69) is 5.32 Å². The SMILES string of the molecule is CS(=O)(=O)N(CC(=O)Nc1cccc(Cl)c1)c1ccc(F)c(F)c1F. The molecule has 2 aromatic carbocycles. The van der Waals surface area contributed by atoms with Crippen LogP contribution < -0.4 is 9.62 Å². The Bertz CT molecular complexity index is 922. The van der Waals surface area contributed by atoms with E-state index in [1.165, 1.54) is 12.1 Å². The third-order valence-electron chi connectivity index (χ3n) is 3.08. The maximum Gasteiger partial charge on any atom is 0.245 e. The summed E-state index contributed by atoms with van der Waals surface area (Å²) in [5.74, 6) is -5.84. The number of sulfonamides is 1. The minimum Gasteiger partial charge on any atom is -0.324 e. The van der Waals surface area contributed by atoms with Crippen LogP contribution in [0.2, 0.25) is 5.02 Å². The van der Waals surface area contributed by atoms with Crippen LogP contribution >= 0.6 is 11.6 Å². The monoisotopic (exact) mass is 392 g/mol. The van der Waals surface area contributed by atoms with Gasteiger partial charge in [-0.15, -0.1) is 0 Å². The molecule has 0 radical (unpaired) electrons. The van der Waals surface area contributed by atoms with Crippen molar-refractivity contribution in [3.8, 4) is 0 Å². The van der Waals surface area contributed by atoms with Crippen molar-refractivity contribution in [3.63, 3.8) is 0 Å². The first-order valence-corrected chi connectivity index (χ1v) is 8.99. The van der Waals surface area contributed by atoms with Crippen LogP contribution in [0.5, 0.6) is 0 Å². The second-order valence-corrected chi connectivity index (χ2v) is 7.37. The van der Waals surface area contributed by atoms with E-state index in [1.54, 1.807) is 12.1 Å². The summed E-state index contributed by atoms with van der Waals surface area (Å²) in [7, 11) is -4.15. The first-order valence-electron chi connectivity index (χ1n) is 6.76. The van der Waals surface area contributed by atoms with Crippen molar-refractivity contribution in [1.29, 1.82) is 0 Å². The largest absolute Gasteiger partial charge is 0.324 e. The zero-order valence-electron chi connectivity index (χ0n) is 12.8. The summed E-state index contributed by atoms with van der Waals surface area (Å²) in [6, 6.07) is 7.36. The summed E-state index contributed by atoms with van der Waals surface area (Å²) in [4.78, 5) is 12.1. The average Bonchev–Trinajstić information content (AvgIpc) is 2.50. The standard InChI is InChI=1S/C15H12ClF3N2O3S/c1-25(23,24)21(12-6-5-11(17)14(18)15(12)19)8-13(22)20-10-4-2-3-9(16)7-10/h2-7H,8H2,1H3,(H,20,22). The number of halogens is 4. The lowest BCUT2D eigenvalue weighted by Crippen LogP contribution is -2.38. The van der Waals surface area contributed by atoms with E-state index in [0.717, 1.165) is 6.07 Å². The van der Waals surface area contributed by atoms with Crippen molar-refractivity contribution < 1.29 is 26.4 Å². The number of hydrogen-bond donors (Lipinski definition) is 1. The van der Waals surface area contributed by atoms with Crippen molar-refractivity contribution in [2.75, 3.05) is 22.4 Å². The molecular weight excluding hydrogens is 381 g/mol. The highest BCUT2D eigenvalue weighted by molar-refractivity contribution is 7.92. The summed E-state index contributed by atoms with van der Waals surface area (Å²) in [6.45, 7) is -0.840. The average molecular weight is 393 g/mol. The normalized spacial score (nSPS) is 11.2. The summed E-state index contributed by atoms with van der Waals surface area (Å²) >= 11 is 5.77. The Morgan fingerprint density at radius 3 is 2.44 bits per heavy atom. The number of nitrogens with zero attached hydrogens (tertiary/aromatic N) is 1. The molecule has 0 aliphatic heterocycles. The molecule has 2 aromatic rings. The molecule has 0 bridgehead atoms. The third kappa shape index (κ3) is 4.64. The van der Waals surface area contributed by atoms with Crippen LogP contribution in [0.4, 0.5) is 24.5 Å². The van der Waals surface area contributed by atoms with E-state index in [4.69, 9.17) is 11.6 Å². The molecule has 0 heterocycles. The van der Waals surface area contributed by atoms with Gasteiger partial charge >= 0.3 is 0 Å². The van der Waals surface area contributed by atoms with Crippen LogP contribution in [0, 0.1) is 17.5 Å². The van der Waals surface area contributed by atoms with Gasteiger partial charge in [0, 0.05) is 10.7 Å². The molecule has 0 aliphatic carbocycles. The lowest BCUT2D eigenvalue weighted by molar-refractivity contribution is -0.114. The number of hydrogen-bond acceptors (Lipinski definition) is 3. The molecular formula is C15H12ClF3N2O3S. The van der Waals surface area contributed by atoms with Gasteiger partial charge in [-0.3, -0.25) is 9.10 Å². The lowest BCUT2D eigenvalue weighted by atomic mass is 10.2. The van der Waals surface area contributed by atoms with Gasteiger partial charge in [0.1, 0.15) is 6.54 Å². The van der Waals surface area contributed by atoms with E-state index < -0.39 is 45.6 Å². The Balaban J connectivity index is 2.31. The molecule has 10 heteroatoms. The van der Waals surface area contributed by atoms with Crippen LogP contribution in [-0.4, -0.2) is 27.1 Å². The quantitative estimate of drug-likeness (QED) is 0.795. The molecule has 0 saturated heterocycles. The van der Waals surface area contributed by atoms with E-state index in [1.807, 2.05) is 0 Å². The molecule has 0 saturated carbocycles. The van der Waals surface area contributed by atoms with E-state index in [-0.39, 0.29) is 5.69 Å². The Labute approximate surface area is 147 Å². The maximum absolute atomic E-state index is 13.9. The highest BCUT2D eigenvalue weighted by atomic mass is 35.5. The Morgan fingerprint density at radius 2 is 1.84 bits per heavy atom. The Morgan fingerprint density at radius 1 is 1.16 bits per heavy atom. The van der Waals surface area contributed by atoms with Gasteiger partial charge < -0.3 is 5.32 Å². The number of amides is 1. The van der Waals surface area contributed by atoms with Crippen LogP contribution in [0.25, 0.3) is 0 Å². The van der Waals surface area contributed by atoms with Crippen LogP contribution in [0.1, 0.15) is 0 Å². The summed E-state index contributed by atoms with van der Waals surface area (Å²) in [5, 5.41) is 2.72. The van der Waals surface area contributed by atoms with Gasteiger partial charge in [-0.05, 0) is 30.3 Å². The number of anilines is 2. The Hall–Kier alpha value is -2.26. The van der Waals surface area contributed by atoms with Crippen molar-refractivity contribution in [2.45, 2.75) is 0 Å². The van der Waals surface area contributed by atoms with Gasteiger partial charge in [0.25, 0.3) is 0 Å². The molecule has 0 atom stereocenters. The summed E-state index contributed by atoms with van der Waals surface area (Å²) < 4.78 is 64.4. The number of carbonyl (C=O) groups is 1. The molecule has 0 fully saturated rings. The summed E-state index contributed by atoms with van der Waals surface area (Å²) in [5.41, 5.74) is -0.487. The molecule has 1 N–H and O–H groups in total. The minimum absolute atomic E-state index is 0.289. The van der Waals surface area contributed by atoms with Crippen LogP contribution in [0.3, 0.4) is 0 Å². The zero-order valence-corrected chi connectivity index (χ0v) is 14.3. The number of nitrogens with one attached hydrogen (secondary N) is 1. The predicted molar refractivity (Wildman–Crippen MR) is 88.6 cm³/mol. The predicted octanol–water partition coefficient (Wildman–Crippen LogP) is 3.16. The first kappa shape index (κ1) is 19.1. The molecule has 5 nitrogen and oxygen atoms in total. The van der Waals surface area contributed by atoms with Gasteiger partial charge in [0.15, 0.2) is 17.5 Å². The molecule has 1 amide bonds.